The van der Waals surface area contributed by atoms with E-state index in [1.54, 1.807) is 30.3 Å². The molecule has 0 fully saturated rings. The summed E-state index contributed by atoms with van der Waals surface area (Å²) in [5.74, 6) is -0.801. The standard InChI is InChI=1S/C11H14ClNO2.C8H8ClNO2.C3H7I/c1-7(2)13-10-5-4-8(6-9(10)12)11(14)15-3;1-12-8(11)5-2-3-7(10)6(9)4-5;1-3(2)4/h4-7,13H,1-3H3;2-4H,10H2,1H3;3H,1-2H3. The van der Waals surface area contributed by atoms with Gasteiger partial charge in [-0.3, -0.25) is 0 Å². The van der Waals surface area contributed by atoms with Crippen molar-refractivity contribution in [3.63, 3.8) is 0 Å². The molecule has 6 nitrogen and oxygen atoms in total. The van der Waals surface area contributed by atoms with Gasteiger partial charge in [0.1, 0.15) is 0 Å². The van der Waals surface area contributed by atoms with Crippen molar-refractivity contribution < 1.29 is 19.1 Å². The van der Waals surface area contributed by atoms with Gasteiger partial charge in [0.25, 0.3) is 0 Å². The molecule has 9 heteroatoms. The predicted molar refractivity (Wildman–Crippen MR) is 138 cm³/mol. The zero-order chi connectivity index (χ0) is 24.1. The first-order valence-corrected chi connectivity index (χ1v) is 11.3. The zero-order valence-corrected chi connectivity index (χ0v) is 22.1. The molecule has 2 aromatic rings. The van der Waals surface area contributed by atoms with Gasteiger partial charge in [0.2, 0.25) is 0 Å². The lowest BCUT2D eigenvalue weighted by Gasteiger charge is -2.12. The van der Waals surface area contributed by atoms with Crippen molar-refractivity contribution in [3.8, 4) is 0 Å². The molecule has 0 atom stereocenters. The Morgan fingerprint density at radius 1 is 0.903 bits per heavy atom. The Morgan fingerprint density at radius 3 is 1.68 bits per heavy atom. The van der Waals surface area contributed by atoms with E-state index in [1.807, 2.05) is 13.8 Å². The maximum absolute atomic E-state index is 11.2. The van der Waals surface area contributed by atoms with Gasteiger partial charge in [-0.1, -0.05) is 59.6 Å². The minimum atomic E-state index is -0.420. The van der Waals surface area contributed by atoms with Crippen molar-refractivity contribution >= 4 is 69.1 Å². The molecule has 0 aliphatic rings. The van der Waals surface area contributed by atoms with Crippen LogP contribution in [0.2, 0.25) is 10.0 Å². The average molecular weight is 583 g/mol. The second-order valence-corrected chi connectivity index (χ2v) is 10.0. The van der Waals surface area contributed by atoms with Crippen LogP contribution >= 0.6 is 45.8 Å². The van der Waals surface area contributed by atoms with Crippen molar-refractivity contribution in [3.05, 3.63) is 57.6 Å². The molecule has 3 N–H and O–H groups in total. The van der Waals surface area contributed by atoms with Crippen LogP contribution in [-0.4, -0.2) is 36.1 Å². The number of anilines is 2. The number of alkyl halides is 1. The number of rotatable bonds is 4. The van der Waals surface area contributed by atoms with Crippen molar-refractivity contribution in [2.45, 2.75) is 37.7 Å². The molecule has 0 spiro atoms. The lowest BCUT2D eigenvalue weighted by Crippen LogP contribution is -2.10. The smallest absolute Gasteiger partial charge is 0.337 e. The van der Waals surface area contributed by atoms with Gasteiger partial charge in [-0.2, -0.15) is 0 Å². The van der Waals surface area contributed by atoms with Crippen LogP contribution in [0.15, 0.2) is 36.4 Å². The second-order valence-electron chi connectivity index (χ2n) is 6.73. The van der Waals surface area contributed by atoms with Crippen molar-refractivity contribution in [1.82, 2.24) is 0 Å². The average Bonchev–Trinajstić information content (AvgIpc) is 2.70. The van der Waals surface area contributed by atoms with E-state index in [9.17, 15) is 9.59 Å². The fourth-order valence-electron chi connectivity index (χ4n) is 1.96. The number of hydrogen-bond donors (Lipinski definition) is 2. The Morgan fingerprint density at radius 2 is 1.32 bits per heavy atom. The molecule has 0 aromatic heterocycles. The number of nitrogens with one attached hydrogen (secondary N) is 1. The van der Waals surface area contributed by atoms with Gasteiger partial charge in [-0.05, 0) is 50.2 Å². The van der Waals surface area contributed by atoms with Crippen LogP contribution in [0.3, 0.4) is 0 Å². The molecular formula is C22H29Cl2IN2O4. The highest BCUT2D eigenvalue weighted by Crippen LogP contribution is 2.24. The first-order chi connectivity index (χ1) is 14.4. The maximum atomic E-state index is 11.2. The maximum Gasteiger partial charge on any atom is 0.337 e. The van der Waals surface area contributed by atoms with E-state index in [0.717, 1.165) is 9.61 Å². The number of carbonyl (C=O) groups excluding carboxylic acids is 2. The third-order valence-corrected chi connectivity index (χ3v) is 3.90. The molecule has 0 unspecified atom stereocenters. The summed E-state index contributed by atoms with van der Waals surface area (Å²) in [6, 6.07) is 9.95. The molecular weight excluding hydrogens is 554 g/mol. The minimum absolute atomic E-state index is 0.298. The molecule has 0 radical (unpaired) electrons. The van der Waals surface area contributed by atoms with Gasteiger partial charge in [0, 0.05) is 9.97 Å². The third kappa shape index (κ3) is 12.0. The first kappa shape index (κ1) is 29.3. The van der Waals surface area contributed by atoms with Crippen LogP contribution in [0.4, 0.5) is 11.4 Å². The molecule has 0 aliphatic carbocycles. The molecule has 0 heterocycles. The number of nitrogen functional groups attached to an aromatic ring is 1. The third-order valence-electron chi connectivity index (χ3n) is 3.26. The SMILES string of the molecule is CC(C)I.COC(=O)c1ccc(N)c(Cl)c1.COC(=O)c1ccc(NC(C)C)c(Cl)c1. The number of nitrogens with two attached hydrogens (primary N) is 1. The van der Waals surface area contributed by atoms with Gasteiger partial charge in [-0.15, -0.1) is 0 Å². The molecule has 172 valence electrons. The minimum Gasteiger partial charge on any atom is -0.465 e. The lowest BCUT2D eigenvalue weighted by molar-refractivity contribution is 0.0592. The van der Waals surface area contributed by atoms with Gasteiger partial charge >= 0.3 is 11.9 Å². The summed E-state index contributed by atoms with van der Waals surface area (Å²) in [6.45, 7) is 8.34. The van der Waals surface area contributed by atoms with Gasteiger partial charge in [-0.25, -0.2) is 9.59 Å². The summed E-state index contributed by atoms with van der Waals surface area (Å²) >= 11 is 14.0. The number of methoxy groups -OCH3 is 2. The highest BCUT2D eigenvalue weighted by Gasteiger charge is 2.09. The summed E-state index contributed by atoms with van der Waals surface area (Å²) < 4.78 is 9.89. The second kappa shape index (κ2) is 15.2. The Balaban J connectivity index is 0.000000504. The number of ether oxygens (including phenoxy) is 2. The van der Waals surface area contributed by atoms with Gasteiger partial charge in [0.15, 0.2) is 0 Å². The summed E-state index contributed by atoms with van der Waals surface area (Å²) in [4.78, 5) is 22.2. The van der Waals surface area contributed by atoms with Crippen molar-refractivity contribution in [2.24, 2.45) is 0 Å². The monoisotopic (exact) mass is 582 g/mol. The van der Waals surface area contributed by atoms with E-state index < -0.39 is 5.97 Å². The van der Waals surface area contributed by atoms with Crippen LogP contribution in [-0.2, 0) is 9.47 Å². The fraction of sp³-hybridized carbons (Fsp3) is 0.364. The highest BCUT2D eigenvalue weighted by atomic mass is 127. The van der Waals surface area contributed by atoms with E-state index in [2.05, 4.69) is 51.2 Å². The van der Waals surface area contributed by atoms with E-state index >= 15 is 0 Å². The Kier molecular flexibility index (Phi) is 14.3. The Labute approximate surface area is 207 Å². The predicted octanol–water partition coefficient (Wildman–Crippen LogP) is 6.49. The lowest BCUT2D eigenvalue weighted by atomic mass is 10.2. The first-order valence-electron chi connectivity index (χ1n) is 9.34. The molecule has 31 heavy (non-hydrogen) atoms. The van der Waals surface area contributed by atoms with Crippen molar-refractivity contribution in [1.29, 1.82) is 0 Å². The molecule has 0 saturated carbocycles. The van der Waals surface area contributed by atoms with Gasteiger partial charge < -0.3 is 20.5 Å². The van der Waals surface area contributed by atoms with E-state index in [0.29, 0.717) is 32.9 Å². The topological polar surface area (TPSA) is 90.7 Å². The highest BCUT2D eigenvalue weighted by molar-refractivity contribution is 14.1. The number of esters is 2. The van der Waals surface area contributed by atoms with E-state index in [4.69, 9.17) is 28.9 Å². The molecule has 2 aromatic carbocycles. The summed E-state index contributed by atoms with van der Waals surface area (Å²) in [6.07, 6.45) is 0. The quantitative estimate of drug-likeness (QED) is 0.185. The Bertz CT molecular complexity index is 859. The number of carbonyl (C=O) groups is 2. The van der Waals surface area contributed by atoms with Crippen LogP contribution in [0.25, 0.3) is 0 Å². The number of benzene rings is 2. The van der Waals surface area contributed by atoms with Crippen LogP contribution in [0.1, 0.15) is 48.4 Å². The van der Waals surface area contributed by atoms with Crippen LogP contribution in [0.5, 0.6) is 0 Å². The number of halogens is 3. The summed E-state index contributed by atoms with van der Waals surface area (Å²) in [5.41, 5.74) is 7.57. The molecule has 0 saturated heterocycles. The summed E-state index contributed by atoms with van der Waals surface area (Å²) in [7, 11) is 2.66. The van der Waals surface area contributed by atoms with E-state index in [1.165, 1.54) is 20.3 Å². The van der Waals surface area contributed by atoms with Gasteiger partial charge in [0.05, 0.1) is 46.8 Å². The molecule has 0 aliphatic heterocycles. The normalized spacial score (nSPS) is 9.77. The van der Waals surface area contributed by atoms with Crippen molar-refractivity contribution in [2.75, 3.05) is 25.3 Å². The molecule has 0 amide bonds. The van der Waals surface area contributed by atoms with Crippen LogP contribution < -0.4 is 11.1 Å². The van der Waals surface area contributed by atoms with Crippen LogP contribution in [0, 0.1) is 0 Å². The zero-order valence-electron chi connectivity index (χ0n) is 18.5. The largest absolute Gasteiger partial charge is 0.465 e. The fourth-order valence-corrected chi connectivity index (χ4v) is 2.38. The Hall–Kier alpha value is -1.71. The number of hydrogen-bond acceptors (Lipinski definition) is 6. The van der Waals surface area contributed by atoms with E-state index in [-0.39, 0.29) is 5.97 Å². The summed E-state index contributed by atoms with van der Waals surface area (Å²) in [5, 5.41) is 4.05. The molecule has 2 rings (SSSR count). The molecule has 0 bridgehead atoms.